The van der Waals surface area contributed by atoms with Crippen LogP contribution in [0.5, 0.6) is 11.5 Å². The molecule has 1 saturated heterocycles. The van der Waals surface area contributed by atoms with Crippen molar-refractivity contribution in [1.29, 1.82) is 0 Å². The molecule has 0 unspecified atom stereocenters. The van der Waals surface area contributed by atoms with Crippen molar-refractivity contribution in [3.05, 3.63) is 23.8 Å². The van der Waals surface area contributed by atoms with E-state index in [0.29, 0.717) is 37.7 Å². The molecule has 0 bridgehead atoms. The van der Waals surface area contributed by atoms with Crippen molar-refractivity contribution in [3.8, 4) is 11.5 Å². The predicted octanol–water partition coefficient (Wildman–Crippen LogP) is 3.75. The normalized spacial score (nSPS) is 17.7. The summed E-state index contributed by atoms with van der Waals surface area (Å²) in [5.74, 6) is 1.56. The molecular formula is C18H25NO4S. The van der Waals surface area contributed by atoms with Gasteiger partial charge in [-0.05, 0) is 43.9 Å². The van der Waals surface area contributed by atoms with E-state index < -0.39 is 0 Å². The average Bonchev–Trinajstić information content (AvgIpc) is 2.77. The van der Waals surface area contributed by atoms with Crippen LogP contribution in [0.25, 0.3) is 0 Å². The largest absolute Gasteiger partial charge is 0.490 e. The third kappa shape index (κ3) is 4.44. The summed E-state index contributed by atoms with van der Waals surface area (Å²) in [5.41, 5.74) is 0.965. The van der Waals surface area contributed by atoms with Crippen LogP contribution in [0.15, 0.2) is 18.2 Å². The van der Waals surface area contributed by atoms with Crippen molar-refractivity contribution in [3.63, 3.8) is 0 Å². The maximum atomic E-state index is 12.5. The molecule has 5 nitrogen and oxygen atoms in total. The number of nitrogens with zero attached hydrogens (tertiary/aromatic N) is 1. The molecule has 24 heavy (non-hydrogen) atoms. The number of amides is 2. The second kappa shape index (κ2) is 8.42. The molecule has 1 aromatic rings. The van der Waals surface area contributed by atoms with E-state index in [1.165, 1.54) is 4.90 Å². The first-order valence-corrected chi connectivity index (χ1v) is 9.24. The molecule has 0 spiro atoms. The van der Waals surface area contributed by atoms with E-state index in [-0.39, 0.29) is 22.3 Å². The summed E-state index contributed by atoms with van der Waals surface area (Å²) in [6.45, 7) is 9.43. The summed E-state index contributed by atoms with van der Waals surface area (Å²) in [7, 11) is 0. The lowest BCUT2D eigenvalue weighted by Gasteiger charge is -2.16. The van der Waals surface area contributed by atoms with Crippen molar-refractivity contribution in [2.24, 2.45) is 5.92 Å². The minimum Gasteiger partial charge on any atom is -0.490 e. The van der Waals surface area contributed by atoms with Gasteiger partial charge in [0.2, 0.25) is 5.91 Å². The van der Waals surface area contributed by atoms with Crippen LogP contribution in [0.1, 0.15) is 33.3 Å². The van der Waals surface area contributed by atoms with Crippen LogP contribution in [0, 0.1) is 5.92 Å². The summed E-state index contributed by atoms with van der Waals surface area (Å²) in [4.78, 5) is 25.9. The first-order chi connectivity index (χ1) is 11.5. The van der Waals surface area contributed by atoms with Gasteiger partial charge in [-0.3, -0.25) is 14.5 Å². The van der Waals surface area contributed by atoms with Crippen LogP contribution in [-0.2, 0) is 11.2 Å². The maximum absolute atomic E-state index is 12.5. The summed E-state index contributed by atoms with van der Waals surface area (Å²) < 4.78 is 11.2. The molecule has 1 aliphatic rings. The lowest BCUT2D eigenvalue weighted by atomic mass is 10.1. The van der Waals surface area contributed by atoms with E-state index in [0.717, 1.165) is 17.3 Å². The van der Waals surface area contributed by atoms with Gasteiger partial charge < -0.3 is 9.47 Å². The molecular weight excluding hydrogens is 326 g/mol. The molecule has 132 valence electrons. The molecule has 0 aliphatic carbocycles. The van der Waals surface area contributed by atoms with Crippen molar-refractivity contribution >= 4 is 22.9 Å². The summed E-state index contributed by atoms with van der Waals surface area (Å²) in [5, 5.41) is -0.502. The van der Waals surface area contributed by atoms with Crippen LogP contribution < -0.4 is 9.47 Å². The van der Waals surface area contributed by atoms with Gasteiger partial charge in [-0.25, -0.2) is 0 Å². The fourth-order valence-corrected chi connectivity index (χ4v) is 3.63. The predicted molar refractivity (Wildman–Crippen MR) is 95.8 cm³/mol. The number of rotatable bonds is 8. The van der Waals surface area contributed by atoms with Crippen molar-refractivity contribution in [1.82, 2.24) is 4.90 Å². The SMILES string of the molecule is CCOc1ccc(C[C@@H]2SC(=O)N(CC(C)C)C2=O)cc1OCC. The monoisotopic (exact) mass is 351 g/mol. The molecule has 0 N–H and O–H groups in total. The standard InChI is InChI=1S/C18H25NO4S/c1-5-22-14-8-7-13(9-15(14)23-6-2)10-16-17(20)19(11-12(3)4)18(21)24-16/h7-9,12,16H,5-6,10-11H2,1-4H3/t16-/m0/s1. The minimum absolute atomic E-state index is 0.0921. The van der Waals surface area contributed by atoms with Crippen molar-refractivity contribution < 1.29 is 19.1 Å². The maximum Gasteiger partial charge on any atom is 0.289 e. The zero-order valence-corrected chi connectivity index (χ0v) is 15.5. The second-order valence-corrected chi connectivity index (χ2v) is 7.22. The Labute approximate surface area is 147 Å². The molecule has 2 amide bonds. The fraction of sp³-hybridized carbons (Fsp3) is 0.556. The summed E-state index contributed by atoms with van der Waals surface area (Å²) in [6, 6.07) is 5.69. The van der Waals surface area contributed by atoms with E-state index in [2.05, 4.69) is 0 Å². The van der Waals surface area contributed by atoms with E-state index in [1.807, 2.05) is 45.9 Å². The minimum atomic E-state index is -0.358. The molecule has 1 fully saturated rings. The van der Waals surface area contributed by atoms with Crippen LogP contribution in [0.3, 0.4) is 0 Å². The smallest absolute Gasteiger partial charge is 0.289 e. The van der Waals surface area contributed by atoms with Gasteiger partial charge in [0.15, 0.2) is 11.5 Å². The van der Waals surface area contributed by atoms with E-state index >= 15 is 0 Å². The van der Waals surface area contributed by atoms with Gasteiger partial charge in [-0.15, -0.1) is 0 Å². The van der Waals surface area contributed by atoms with Gasteiger partial charge >= 0.3 is 0 Å². The van der Waals surface area contributed by atoms with Gasteiger partial charge in [0.1, 0.15) is 0 Å². The third-order valence-corrected chi connectivity index (χ3v) is 4.66. The van der Waals surface area contributed by atoms with Gasteiger partial charge in [0.05, 0.1) is 18.5 Å². The zero-order valence-electron chi connectivity index (χ0n) is 14.7. The quantitative estimate of drug-likeness (QED) is 0.714. The number of hydrogen-bond donors (Lipinski definition) is 0. The number of carbonyl (C=O) groups is 2. The Morgan fingerprint density at radius 3 is 2.42 bits per heavy atom. The molecule has 0 radical (unpaired) electrons. The topological polar surface area (TPSA) is 55.8 Å². The van der Waals surface area contributed by atoms with Crippen LogP contribution in [-0.4, -0.2) is 41.1 Å². The Kier molecular flexibility index (Phi) is 6.54. The van der Waals surface area contributed by atoms with Crippen LogP contribution in [0.2, 0.25) is 0 Å². The highest BCUT2D eigenvalue weighted by atomic mass is 32.2. The molecule has 2 rings (SSSR count). The van der Waals surface area contributed by atoms with Crippen LogP contribution >= 0.6 is 11.8 Å². The van der Waals surface area contributed by atoms with Crippen molar-refractivity contribution in [2.45, 2.75) is 39.4 Å². The lowest BCUT2D eigenvalue weighted by Crippen LogP contribution is -2.35. The highest BCUT2D eigenvalue weighted by molar-refractivity contribution is 8.15. The summed E-state index contributed by atoms with van der Waals surface area (Å²) in [6.07, 6.45) is 0.510. The Balaban J connectivity index is 2.12. The molecule has 1 heterocycles. The van der Waals surface area contributed by atoms with Gasteiger partial charge in [0, 0.05) is 6.54 Å². The van der Waals surface area contributed by atoms with Gasteiger partial charge in [-0.1, -0.05) is 31.7 Å². The highest BCUT2D eigenvalue weighted by Gasteiger charge is 2.39. The number of ether oxygens (including phenoxy) is 2. The number of thioether (sulfide) groups is 1. The molecule has 1 aliphatic heterocycles. The van der Waals surface area contributed by atoms with Gasteiger partial charge in [0.25, 0.3) is 5.24 Å². The third-order valence-electron chi connectivity index (χ3n) is 3.58. The first-order valence-electron chi connectivity index (χ1n) is 8.36. The Morgan fingerprint density at radius 1 is 1.12 bits per heavy atom. The Morgan fingerprint density at radius 2 is 1.79 bits per heavy atom. The number of benzene rings is 1. The molecule has 1 aromatic carbocycles. The summed E-state index contributed by atoms with van der Waals surface area (Å²) >= 11 is 1.12. The Bertz CT molecular complexity index is 603. The first kappa shape index (κ1) is 18.6. The van der Waals surface area contributed by atoms with E-state index in [9.17, 15) is 9.59 Å². The molecule has 1 atom stereocenters. The number of carbonyl (C=O) groups excluding carboxylic acids is 2. The lowest BCUT2D eigenvalue weighted by molar-refractivity contribution is -0.127. The van der Waals surface area contributed by atoms with E-state index in [1.54, 1.807) is 0 Å². The molecule has 6 heteroatoms. The highest BCUT2D eigenvalue weighted by Crippen LogP contribution is 2.33. The van der Waals surface area contributed by atoms with Gasteiger partial charge in [-0.2, -0.15) is 0 Å². The fourth-order valence-electron chi connectivity index (χ4n) is 2.59. The molecule has 0 saturated carbocycles. The molecule has 0 aromatic heterocycles. The number of hydrogen-bond acceptors (Lipinski definition) is 5. The average molecular weight is 351 g/mol. The van der Waals surface area contributed by atoms with Crippen LogP contribution in [0.4, 0.5) is 4.79 Å². The zero-order chi connectivity index (χ0) is 17.7. The van der Waals surface area contributed by atoms with Crippen molar-refractivity contribution in [2.75, 3.05) is 19.8 Å². The number of imide groups is 1. The Hall–Kier alpha value is -1.69. The second-order valence-electron chi connectivity index (χ2n) is 6.07. The van der Waals surface area contributed by atoms with E-state index in [4.69, 9.17) is 9.47 Å².